The summed E-state index contributed by atoms with van der Waals surface area (Å²) >= 11 is 0. The number of rotatable bonds is 19. The molecule has 2 fully saturated rings. The number of carbonyl (C=O) groups is 13. The number of benzene rings is 3. The van der Waals surface area contributed by atoms with Gasteiger partial charge in [-0.1, -0.05) is 153 Å². The molecule has 2 saturated heterocycles. The number of aliphatic hydroxyl groups is 1. The number of likely N-dealkylation sites (tertiary alicyclic amines) is 1. The third kappa shape index (κ3) is 23.9. The Morgan fingerprint density at radius 2 is 1.01 bits per heavy atom. The third-order valence-corrected chi connectivity index (χ3v) is 20.2. The van der Waals surface area contributed by atoms with Gasteiger partial charge in [0.2, 0.25) is 59.1 Å². The van der Waals surface area contributed by atoms with Crippen LogP contribution in [-0.2, 0) is 81.6 Å². The minimum atomic E-state index is -1.77. The maximum atomic E-state index is 15.6. The van der Waals surface area contributed by atoms with E-state index in [0.29, 0.717) is 29.8 Å². The zero-order chi connectivity index (χ0) is 76.9. The van der Waals surface area contributed by atoms with Crippen molar-refractivity contribution >= 4 is 76.4 Å². The summed E-state index contributed by atoms with van der Waals surface area (Å²) in [5.41, 5.74) is 1.94. The second-order valence-corrected chi connectivity index (χ2v) is 30.1. The van der Waals surface area contributed by atoms with Gasteiger partial charge in [-0.25, -0.2) is 0 Å². The molecule has 0 radical (unpaired) electrons. The quantitative estimate of drug-likeness (QED) is 0.109. The second-order valence-electron chi connectivity index (χ2n) is 30.1. The highest BCUT2D eigenvalue weighted by Gasteiger charge is 2.44. The third-order valence-electron chi connectivity index (χ3n) is 20.2. The Labute approximate surface area is 610 Å². The van der Waals surface area contributed by atoms with Gasteiger partial charge in [0, 0.05) is 99.3 Å². The van der Waals surface area contributed by atoms with E-state index in [-0.39, 0.29) is 62.7 Å². The van der Waals surface area contributed by atoms with Crippen molar-refractivity contribution in [2.24, 2.45) is 35.5 Å². The average Bonchev–Trinajstić information content (AvgIpc) is 0.836. The summed E-state index contributed by atoms with van der Waals surface area (Å²) in [6.07, 6.45) is -1.17. The second kappa shape index (κ2) is 39.8. The van der Waals surface area contributed by atoms with Crippen molar-refractivity contribution in [2.75, 3.05) is 55.4 Å². The van der Waals surface area contributed by atoms with Crippen LogP contribution in [0.15, 0.2) is 91.0 Å². The largest absolute Gasteiger partial charge is 0.391 e. The normalized spacial score (nSPS) is 24.1. The van der Waals surface area contributed by atoms with Crippen molar-refractivity contribution in [2.45, 2.75) is 220 Å². The van der Waals surface area contributed by atoms with Crippen molar-refractivity contribution in [3.63, 3.8) is 0 Å². The van der Waals surface area contributed by atoms with E-state index in [1.807, 2.05) is 27.7 Å². The molecule has 0 unspecified atom stereocenters. The van der Waals surface area contributed by atoms with E-state index in [0.717, 1.165) is 34.0 Å². The number of carbonyl (C=O) groups excluding carboxylic acids is 13. The Hall–Kier alpha value is -8.67. The van der Waals surface area contributed by atoms with Crippen molar-refractivity contribution in [3.05, 3.63) is 108 Å². The molecular formula is C79H116N10O14. The van der Waals surface area contributed by atoms with Gasteiger partial charge in [-0.3, -0.25) is 62.3 Å². The maximum Gasteiger partial charge on any atom is 0.248 e. The van der Waals surface area contributed by atoms with E-state index in [1.54, 1.807) is 131 Å². The number of amides is 10. The molecule has 2 heterocycles. The van der Waals surface area contributed by atoms with Crippen LogP contribution in [0.4, 0.5) is 0 Å². The van der Waals surface area contributed by atoms with E-state index in [2.05, 4.69) is 16.0 Å². The number of hydrogen-bond donors (Lipinski definition) is 4. The summed E-state index contributed by atoms with van der Waals surface area (Å²) < 4.78 is 0. The van der Waals surface area contributed by atoms with Gasteiger partial charge in [-0.2, -0.15) is 0 Å². The molecule has 24 nitrogen and oxygen atoms in total. The SMILES string of the molecule is CC(C)C[C@H]1C(=O)N[C@@H]([C@@H](C)O)C(=O)N(C)[C@@H](Cc2ccccc2)C(=O)N(C)[C@@H](CC(C)C)C(=O)CCC(=O)N(C)[C@@H](C(C)C)C(=O)C[C@@H](Cc2ccccc2)C(=O)N[C@H](C(=O)N(C)[C@@H](Cc2ccccc2)C(=O)C[C@@H](C)C(=O)N2CCCCC2)CC(=O)N(C)[C@H](C)C(=O)N[C@@H](C(C)C)C(=O)N1C. The smallest absolute Gasteiger partial charge is 0.248 e. The molecular weight excluding hydrogens is 1310 g/mol. The maximum absolute atomic E-state index is 15.6. The van der Waals surface area contributed by atoms with Crippen LogP contribution in [0.2, 0.25) is 0 Å². The Bertz CT molecular complexity index is 3400. The highest BCUT2D eigenvalue weighted by Crippen LogP contribution is 2.26. The van der Waals surface area contributed by atoms with E-state index < -0.39 is 174 Å². The number of piperidine rings is 1. The molecule has 0 aliphatic carbocycles. The van der Waals surface area contributed by atoms with Gasteiger partial charge in [-0.05, 0) is 99.2 Å². The van der Waals surface area contributed by atoms with Crippen molar-refractivity contribution in [3.8, 4) is 0 Å². The van der Waals surface area contributed by atoms with E-state index >= 15 is 28.8 Å². The first kappa shape index (κ1) is 85.0. The lowest BCUT2D eigenvalue weighted by molar-refractivity contribution is -0.151. The molecule has 2 aliphatic rings. The van der Waals surface area contributed by atoms with Gasteiger partial charge in [0.15, 0.2) is 17.3 Å². The molecule has 2 aliphatic heterocycles. The van der Waals surface area contributed by atoms with Gasteiger partial charge in [0.1, 0.15) is 36.3 Å². The number of hydrogen-bond acceptors (Lipinski definition) is 14. The number of nitrogens with zero attached hydrogens (tertiary/aromatic N) is 7. The molecule has 0 saturated carbocycles. The summed E-state index contributed by atoms with van der Waals surface area (Å²) in [6.45, 7) is 19.7. The predicted molar refractivity (Wildman–Crippen MR) is 393 cm³/mol. The van der Waals surface area contributed by atoms with Crippen LogP contribution in [0.1, 0.15) is 157 Å². The van der Waals surface area contributed by atoms with Crippen LogP contribution in [-0.4, -0.2) is 232 Å². The van der Waals surface area contributed by atoms with Crippen LogP contribution in [0.5, 0.6) is 0 Å². The number of ketones is 3. The first-order valence-corrected chi connectivity index (χ1v) is 36.6. The number of aliphatic hydroxyl groups excluding tert-OH is 1. The zero-order valence-electron chi connectivity index (χ0n) is 63.9. The standard InChI is InChI=1S/C79H116N10O14/c1-48(2)40-60-64(91)36-37-67(94)88(17)71(51(7)8)66(93)46-58(43-55-30-22-18-23-31-55)73(97)80-59(76(100)84(13)61(44-56-32-24-19-25-33-56)65(92)42-52(9)75(99)89-38-28-21-29-39-89)47-68(95)83(12)53(10)72(96)81-69(50(5)6)78(102)86(15)62(41-49(3)4)74(98)82-70(54(11)90)79(103)87(16)63(77(101)85(60)14)45-57-34-26-20-27-35-57/h18-20,22-27,30-35,48-54,58-63,69-71,90H,21,28-29,36-47H2,1-17H3,(H,80,97)(H,81,96)(H,82,98)/t52-,53-,54-,58-,59+,60+,61+,62+,63+,69+,70+,71+/m1/s1. The van der Waals surface area contributed by atoms with Crippen LogP contribution < -0.4 is 16.0 Å². The fraction of sp³-hybridized carbons (Fsp3) is 0.608. The lowest BCUT2D eigenvalue weighted by Crippen LogP contribution is -2.62. The van der Waals surface area contributed by atoms with Gasteiger partial charge in [0.25, 0.3) is 0 Å². The van der Waals surface area contributed by atoms with Gasteiger partial charge >= 0.3 is 0 Å². The Morgan fingerprint density at radius 1 is 0.515 bits per heavy atom. The fourth-order valence-electron chi connectivity index (χ4n) is 13.8. The zero-order valence-corrected chi connectivity index (χ0v) is 63.9. The first-order chi connectivity index (χ1) is 48.5. The van der Waals surface area contributed by atoms with Crippen LogP contribution in [0.25, 0.3) is 0 Å². The molecule has 0 spiro atoms. The van der Waals surface area contributed by atoms with Gasteiger partial charge in [-0.15, -0.1) is 0 Å². The molecule has 5 rings (SSSR count). The minimum Gasteiger partial charge on any atom is -0.391 e. The monoisotopic (exact) mass is 1430 g/mol. The van der Waals surface area contributed by atoms with Gasteiger partial charge in [0.05, 0.1) is 30.7 Å². The van der Waals surface area contributed by atoms with Crippen molar-refractivity contribution in [1.29, 1.82) is 0 Å². The van der Waals surface area contributed by atoms with Crippen molar-refractivity contribution < 1.29 is 67.4 Å². The molecule has 0 aromatic heterocycles. The number of likely N-dealkylation sites (N-methyl/N-ethyl adjacent to an activating group) is 6. The van der Waals surface area contributed by atoms with E-state index in [9.17, 15) is 38.7 Å². The Balaban J connectivity index is 1.67. The summed E-state index contributed by atoms with van der Waals surface area (Å²) in [6, 6.07) is 14.2. The number of Topliss-reactive ketones (excluding diaryl/α,β-unsaturated/α-hetero) is 3. The Morgan fingerprint density at radius 3 is 1.53 bits per heavy atom. The molecule has 3 aromatic carbocycles. The highest BCUT2D eigenvalue weighted by atomic mass is 16.3. The van der Waals surface area contributed by atoms with E-state index in [1.165, 1.54) is 70.8 Å². The molecule has 566 valence electrons. The summed E-state index contributed by atoms with van der Waals surface area (Å²) in [4.78, 5) is 203. The average molecular weight is 1430 g/mol. The number of nitrogens with one attached hydrogen (secondary N) is 3. The minimum absolute atomic E-state index is 0.0152. The molecule has 103 heavy (non-hydrogen) atoms. The molecule has 3 aromatic rings. The molecule has 10 amide bonds. The van der Waals surface area contributed by atoms with Gasteiger partial charge < -0.3 is 55.4 Å². The topological polar surface area (TPSA) is 301 Å². The summed E-state index contributed by atoms with van der Waals surface area (Å²) in [5, 5.41) is 19.7. The molecule has 4 N–H and O–H groups in total. The molecule has 24 heteroatoms. The Kier molecular flexibility index (Phi) is 32.9. The molecule has 0 bridgehead atoms. The summed E-state index contributed by atoms with van der Waals surface area (Å²) in [5.74, 6) is -12.3. The van der Waals surface area contributed by atoms with Crippen molar-refractivity contribution in [1.82, 2.24) is 50.2 Å². The lowest BCUT2D eigenvalue weighted by atomic mass is 9.87. The summed E-state index contributed by atoms with van der Waals surface area (Å²) in [7, 11) is 8.31. The van der Waals surface area contributed by atoms with E-state index in [4.69, 9.17) is 0 Å². The lowest BCUT2D eigenvalue weighted by Gasteiger charge is -2.38. The molecule has 12 atom stereocenters. The van der Waals surface area contributed by atoms with Crippen LogP contribution in [0.3, 0.4) is 0 Å². The highest BCUT2D eigenvalue weighted by molar-refractivity contribution is 6.01. The first-order valence-electron chi connectivity index (χ1n) is 36.6. The predicted octanol–water partition coefficient (Wildman–Crippen LogP) is 5.87. The fourth-order valence-corrected chi connectivity index (χ4v) is 13.8. The van der Waals surface area contributed by atoms with Crippen LogP contribution in [0, 0.1) is 35.5 Å². The van der Waals surface area contributed by atoms with Crippen LogP contribution >= 0.6 is 0 Å².